The van der Waals surface area contributed by atoms with Crippen LogP contribution in [0.1, 0.15) is 32.0 Å². The van der Waals surface area contributed by atoms with Crippen molar-refractivity contribution in [3.05, 3.63) is 93.4 Å². The number of carbonyl (C=O) groups is 2. The molecule has 3 aromatic rings. The molecule has 2 atom stereocenters. The molecule has 8 heteroatoms. The molecule has 1 aliphatic heterocycles. The molecule has 0 fully saturated rings. The van der Waals surface area contributed by atoms with E-state index in [0.29, 0.717) is 5.56 Å². The SMILES string of the molecule is Nc1cccc2c1C(=O)[C@@]1(NC(=O)c3cccc(=O)[nH]3)c3ccccc3O[C@@]21O. The van der Waals surface area contributed by atoms with Crippen LogP contribution >= 0.6 is 0 Å². The van der Waals surface area contributed by atoms with Crippen molar-refractivity contribution in [3.8, 4) is 5.75 Å². The number of pyridine rings is 1. The van der Waals surface area contributed by atoms with Crippen molar-refractivity contribution in [2.45, 2.75) is 11.3 Å². The first kappa shape index (κ1) is 17.2. The first-order chi connectivity index (χ1) is 13.9. The predicted molar refractivity (Wildman–Crippen MR) is 102 cm³/mol. The summed E-state index contributed by atoms with van der Waals surface area (Å²) < 4.78 is 5.83. The van der Waals surface area contributed by atoms with Gasteiger partial charge in [0.25, 0.3) is 11.7 Å². The van der Waals surface area contributed by atoms with Crippen molar-refractivity contribution in [2.75, 3.05) is 5.73 Å². The number of anilines is 1. The molecule has 5 rings (SSSR count). The van der Waals surface area contributed by atoms with Crippen LogP contribution in [0.3, 0.4) is 0 Å². The van der Waals surface area contributed by atoms with Gasteiger partial charge in [0.2, 0.25) is 16.9 Å². The van der Waals surface area contributed by atoms with E-state index in [-0.39, 0.29) is 28.3 Å². The number of ether oxygens (including phenoxy) is 1. The van der Waals surface area contributed by atoms with Crippen molar-refractivity contribution in [1.82, 2.24) is 10.3 Å². The third kappa shape index (κ3) is 2.03. The van der Waals surface area contributed by atoms with Gasteiger partial charge in [-0.05, 0) is 18.2 Å². The fraction of sp³-hybridized carbons (Fsp3) is 0.0952. The van der Waals surface area contributed by atoms with E-state index in [1.165, 1.54) is 30.3 Å². The van der Waals surface area contributed by atoms with E-state index < -0.39 is 28.6 Å². The molecular formula is C21H15N3O5. The Morgan fingerprint density at radius 3 is 2.52 bits per heavy atom. The Labute approximate surface area is 163 Å². The molecule has 8 nitrogen and oxygen atoms in total. The van der Waals surface area contributed by atoms with Gasteiger partial charge in [0, 0.05) is 22.9 Å². The smallest absolute Gasteiger partial charge is 0.271 e. The zero-order valence-electron chi connectivity index (χ0n) is 14.9. The van der Waals surface area contributed by atoms with E-state index in [2.05, 4.69) is 10.3 Å². The Morgan fingerprint density at radius 2 is 1.72 bits per heavy atom. The lowest BCUT2D eigenvalue weighted by molar-refractivity contribution is -0.169. The molecule has 0 spiro atoms. The van der Waals surface area contributed by atoms with Crippen molar-refractivity contribution >= 4 is 17.4 Å². The van der Waals surface area contributed by atoms with Crippen LogP contribution in [0, 0.1) is 0 Å². The molecule has 2 heterocycles. The molecular weight excluding hydrogens is 374 g/mol. The minimum absolute atomic E-state index is 0.0599. The largest absolute Gasteiger partial charge is 0.454 e. The second-order valence-electron chi connectivity index (χ2n) is 6.97. The summed E-state index contributed by atoms with van der Waals surface area (Å²) >= 11 is 0. The maximum atomic E-state index is 13.6. The summed E-state index contributed by atoms with van der Waals surface area (Å²) in [7, 11) is 0. The van der Waals surface area contributed by atoms with Crippen LogP contribution in [-0.2, 0) is 11.3 Å². The molecule has 144 valence electrons. The first-order valence-corrected chi connectivity index (χ1v) is 8.85. The number of aromatic amines is 1. The molecule has 5 N–H and O–H groups in total. The Kier molecular flexibility index (Phi) is 3.30. The van der Waals surface area contributed by atoms with Crippen molar-refractivity contribution in [2.24, 2.45) is 0 Å². The van der Waals surface area contributed by atoms with Crippen molar-refractivity contribution in [1.29, 1.82) is 0 Å². The molecule has 2 aliphatic rings. The molecule has 0 unspecified atom stereocenters. The summed E-state index contributed by atoms with van der Waals surface area (Å²) in [5, 5.41) is 14.2. The Balaban J connectivity index is 1.75. The number of benzene rings is 2. The number of nitrogen functional groups attached to an aromatic ring is 1. The van der Waals surface area contributed by atoms with Crippen LogP contribution in [-0.4, -0.2) is 21.8 Å². The summed E-state index contributed by atoms with van der Waals surface area (Å²) in [4.78, 5) is 40.6. The lowest BCUT2D eigenvalue weighted by Crippen LogP contribution is -2.60. The van der Waals surface area contributed by atoms with Crippen LogP contribution in [0.25, 0.3) is 0 Å². The van der Waals surface area contributed by atoms with Crippen LogP contribution < -0.4 is 21.3 Å². The highest BCUT2D eigenvalue weighted by atomic mass is 16.6. The highest BCUT2D eigenvalue weighted by molar-refractivity contribution is 6.15. The zero-order valence-corrected chi connectivity index (χ0v) is 14.9. The van der Waals surface area contributed by atoms with Crippen molar-refractivity contribution in [3.63, 3.8) is 0 Å². The van der Waals surface area contributed by atoms with Gasteiger partial charge >= 0.3 is 0 Å². The third-order valence-corrected chi connectivity index (χ3v) is 5.40. The van der Waals surface area contributed by atoms with Gasteiger partial charge in [0.15, 0.2) is 0 Å². The number of para-hydroxylation sites is 1. The maximum Gasteiger partial charge on any atom is 0.271 e. The molecule has 0 radical (unpaired) electrons. The summed E-state index contributed by atoms with van der Waals surface area (Å²) in [6, 6.07) is 15.3. The van der Waals surface area contributed by atoms with Gasteiger partial charge in [-0.15, -0.1) is 0 Å². The number of aromatic nitrogens is 1. The van der Waals surface area contributed by atoms with Crippen LogP contribution in [0.5, 0.6) is 5.75 Å². The molecule has 29 heavy (non-hydrogen) atoms. The Morgan fingerprint density at radius 1 is 1.00 bits per heavy atom. The molecule has 1 aliphatic carbocycles. The minimum atomic E-state index is -2.19. The summed E-state index contributed by atoms with van der Waals surface area (Å²) in [5.41, 5.74) is 4.25. The maximum absolute atomic E-state index is 13.6. The second-order valence-corrected chi connectivity index (χ2v) is 6.97. The molecule has 2 aromatic carbocycles. The van der Waals surface area contributed by atoms with Gasteiger partial charge in [-0.1, -0.05) is 36.4 Å². The van der Waals surface area contributed by atoms with Gasteiger partial charge in [-0.25, -0.2) is 0 Å². The fourth-order valence-corrected chi connectivity index (χ4v) is 4.14. The van der Waals surface area contributed by atoms with Gasteiger partial charge in [-0.2, -0.15) is 0 Å². The first-order valence-electron chi connectivity index (χ1n) is 8.85. The van der Waals surface area contributed by atoms with Gasteiger partial charge in [0.05, 0.1) is 5.56 Å². The van der Waals surface area contributed by atoms with Gasteiger partial charge in [0.1, 0.15) is 11.4 Å². The molecule has 1 aromatic heterocycles. The van der Waals surface area contributed by atoms with Crippen molar-refractivity contribution < 1.29 is 19.4 Å². The zero-order chi connectivity index (χ0) is 20.4. The van der Waals surface area contributed by atoms with Crippen LogP contribution in [0.15, 0.2) is 65.5 Å². The number of fused-ring (bicyclic) bond motifs is 5. The van der Waals surface area contributed by atoms with Crippen LogP contribution in [0.4, 0.5) is 5.69 Å². The fourth-order valence-electron chi connectivity index (χ4n) is 4.14. The molecule has 1 amide bonds. The molecule has 0 saturated carbocycles. The van der Waals surface area contributed by atoms with E-state index in [4.69, 9.17) is 10.5 Å². The van der Waals surface area contributed by atoms with Gasteiger partial charge < -0.3 is 25.9 Å². The number of hydrogen-bond donors (Lipinski definition) is 4. The Bertz CT molecular complexity index is 1270. The average Bonchev–Trinajstić information content (AvgIpc) is 3.06. The van der Waals surface area contributed by atoms with Crippen LogP contribution in [0.2, 0.25) is 0 Å². The number of carbonyl (C=O) groups excluding carboxylic acids is 2. The van der Waals surface area contributed by atoms with E-state index in [9.17, 15) is 19.5 Å². The highest BCUT2D eigenvalue weighted by Crippen LogP contribution is 2.58. The summed E-state index contributed by atoms with van der Waals surface area (Å²) in [6.45, 7) is 0. The topological polar surface area (TPSA) is 135 Å². The average molecular weight is 389 g/mol. The van der Waals surface area contributed by atoms with Gasteiger partial charge in [-0.3, -0.25) is 14.4 Å². The van der Waals surface area contributed by atoms with E-state index in [1.54, 1.807) is 30.3 Å². The monoisotopic (exact) mass is 389 g/mol. The lowest BCUT2D eigenvalue weighted by atomic mass is 9.83. The normalized spacial score (nSPS) is 23.7. The number of Topliss-reactive ketones (excluding diaryl/α,β-unsaturated/α-hetero) is 1. The second kappa shape index (κ2) is 5.55. The summed E-state index contributed by atoms with van der Waals surface area (Å²) in [6.07, 6.45) is 0. The number of nitrogens with two attached hydrogens (primary N) is 1. The minimum Gasteiger partial charge on any atom is -0.454 e. The lowest BCUT2D eigenvalue weighted by Gasteiger charge is -2.34. The standard InChI is InChI=1S/C21H15N3O5/c22-13-7-3-6-12-17(13)18(26)20(24-19(27)14-8-4-10-16(25)23-14)11-5-1-2-9-15(11)29-21(12,20)28/h1-10,28H,22H2,(H,23,25)(H,24,27)/t20-,21-/m0/s1. The molecule has 0 bridgehead atoms. The number of H-pyrrole nitrogens is 1. The van der Waals surface area contributed by atoms with E-state index >= 15 is 0 Å². The highest BCUT2D eigenvalue weighted by Gasteiger charge is 2.72. The van der Waals surface area contributed by atoms with E-state index in [1.807, 2.05) is 0 Å². The molecule has 0 saturated heterocycles. The summed E-state index contributed by atoms with van der Waals surface area (Å²) in [5.74, 6) is -3.27. The number of nitrogens with one attached hydrogen (secondary N) is 2. The number of hydrogen-bond acceptors (Lipinski definition) is 6. The number of aliphatic hydroxyl groups is 1. The quantitative estimate of drug-likeness (QED) is 0.484. The Hall–Kier alpha value is -3.91. The number of amides is 1. The van der Waals surface area contributed by atoms with E-state index in [0.717, 1.165) is 0 Å². The predicted octanol–water partition coefficient (Wildman–Crippen LogP) is 1.02. The third-order valence-electron chi connectivity index (χ3n) is 5.40. The number of ketones is 1. The number of rotatable bonds is 2.